The summed E-state index contributed by atoms with van der Waals surface area (Å²) in [6.07, 6.45) is 4.44. The van der Waals surface area contributed by atoms with E-state index in [-0.39, 0.29) is 30.3 Å². The molecule has 4 nitrogen and oxygen atoms in total. The van der Waals surface area contributed by atoms with Crippen molar-refractivity contribution in [3.8, 4) is 0 Å². The van der Waals surface area contributed by atoms with Crippen molar-refractivity contribution in [1.29, 1.82) is 0 Å². The van der Waals surface area contributed by atoms with E-state index in [1.54, 1.807) is 6.92 Å². The van der Waals surface area contributed by atoms with Crippen molar-refractivity contribution < 1.29 is 14.3 Å². The fourth-order valence-corrected chi connectivity index (χ4v) is 3.64. The van der Waals surface area contributed by atoms with Crippen LogP contribution in [0, 0.1) is 6.92 Å². The molecule has 4 heteroatoms. The molecule has 1 aromatic rings. The Morgan fingerprint density at radius 3 is 2.57 bits per heavy atom. The third kappa shape index (κ3) is 3.31. The van der Waals surface area contributed by atoms with Gasteiger partial charge in [-0.3, -0.25) is 4.79 Å². The second-order valence-corrected chi connectivity index (χ2v) is 6.51. The number of nitrogens with one attached hydrogen (secondary N) is 1. The van der Waals surface area contributed by atoms with Crippen LogP contribution in [0.1, 0.15) is 56.1 Å². The molecule has 1 aliphatic heterocycles. The summed E-state index contributed by atoms with van der Waals surface area (Å²) in [6.45, 7) is 3.80. The first-order valence-electron chi connectivity index (χ1n) is 8.33. The van der Waals surface area contributed by atoms with Gasteiger partial charge in [-0.2, -0.15) is 0 Å². The minimum atomic E-state index is -0.275. The molecular formula is C19H23NO3. The molecule has 1 aromatic carbocycles. The van der Waals surface area contributed by atoms with E-state index in [2.05, 4.69) is 5.32 Å². The number of aryl methyl sites for hydroxylation is 1. The molecule has 3 rings (SSSR count). The fraction of sp³-hybridized carbons (Fsp3) is 0.474. The quantitative estimate of drug-likeness (QED) is 0.871. The maximum Gasteiger partial charge on any atom is 0.336 e. The van der Waals surface area contributed by atoms with Crippen LogP contribution >= 0.6 is 0 Å². The van der Waals surface area contributed by atoms with E-state index < -0.39 is 0 Å². The Balaban J connectivity index is 1.92. The molecule has 1 unspecified atom stereocenters. The Hall–Kier alpha value is -2.10. The van der Waals surface area contributed by atoms with Gasteiger partial charge in [-0.15, -0.1) is 0 Å². The van der Waals surface area contributed by atoms with Gasteiger partial charge in [0.2, 0.25) is 5.91 Å². The number of allylic oxidation sites excluding steroid dienone is 1. The zero-order valence-corrected chi connectivity index (χ0v) is 13.7. The standard InChI is InChI=1S/C19H23NO3/c1-12-7-3-6-10-15(12)16-11-17(21)20-13(2)18(16)19(22)23-14-8-4-5-9-14/h3,6-7,10,14,16H,4-5,8-9,11H2,1-2H3,(H,20,21). The molecule has 1 aliphatic carbocycles. The van der Waals surface area contributed by atoms with Gasteiger partial charge in [0.25, 0.3) is 0 Å². The predicted molar refractivity (Wildman–Crippen MR) is 87.7 cm³/mol. The highest BCUT2D eigenvalue weighted by molar-refractivity contribution is 5.96. The minimum absolute atomic E-state index is 0.0259. The summed E-state index contributed by atoms with van der Waals surface area (Å²) in [5.41, 5.74) is 3.34. The van der Waals surface area contributed by atoms with E-state index in [1.165, 1.54) is 0 Å². The summed E-state index contributed by atoms with van der Waals surface area (Å²) >= 11 is 0. The molecule has 0 spiro atoms. The van der Waals surface area contributed by atoms with Crippen molar-refractivity contribution in [2.75, 3.05) is 0 Å². The van der Waals surface area contributed by atoms with E-state index in [0.29, 0.717) is 11.3 Å². The molecule has 1 fully saturated rings. The van der Waals surface area contributed by atoms with Crippen LogP contribution in [0.3, 0.4) is 0 Å². The fourth-order valence-electron chi connectivity index (χ4n) is 3.64. The summed E-state index contributed by atoms with van der Waals surface area (Å²) in [6, 6.07) is 7.92. The molecule has 23 heavy (non-hydrogen) atoms. The minimum Gasteiger partial charge on any atom is -0.459 e. The number of hydrogen-bond acceptors (Lipinski definition) is 3. The monoisotopic (exact) mass is 313 g/mol. The van der Waals surface area contributed by atoms with E-state index in [4.69, 9.17) is 4.74 Å². The van der Waals surface area contributed by atoms with Crippen molar-refractivity contribution in [1.82, 2.24) is 5.32 Å². The first kappa shape index (κ1) is 15.8. The highest BCUT2D eigenvalue weighted by Gasteiger charge is 2.34. The lowest BCUT2D eigenvalue weighted by atomic mass is 9.82. The number of rotatable bonds is 3. The first-order chi connectivity index (χ1) is 11.1. The maximum atomic E-state index is 12.7. The number of carbonyl (C=O) groups is 2. The Labute approximate surface area is 136 Å². The Kier molecular flexibility index (Phi) is 4.51. The highest BCUT2D eigenvalue weighted by atomic mass is 16.5. The topological polar surface area (TPSA) is 55.4 Å². The Bertz CT molecular complexity index is 656. The second-order valence-electron chi connectivity index (χ2n) is 6.51. The second kappa shape index (κ2) is 6.57. The molecule has 1 N–H and O–H groups in total. The zero-order valence-electron chi connectivity index (χ0n) is 13.7. The molecule has 1 amide bonds. The lowest BCUT2D eigenvalue weighted by Crippen LogP contribution is -2.35. The molecule has 0 bridgehead atoms. The highest BCUT2D eigenvalue weighted by Crippen LogP contribution is 2.36. The molecule has 2 aliphatic rings. The number of amides is 1. The van der Waals surface area contributed by atoms with Gasteiger partial charge >= 0.3 is 5.97 Å². The molecule has 0 saturated heterocycles. The van der Waals surface area contributed by atoms with Crippen molar-refractivity contribution in [3.63, 3.8) is 0 Å². The molecule has 1 saturated carbocycles. The SMILES string of the molecule is CC1=C(C(=O)OC2CCCC2)C(c2ccccc2C)CC(=O)N1. The van der Waals surface area contributed by atoms with E-state index in [0.717, 1.165) is 36.8 Å². The van der Waals surface area contributed by atoms with Crippen LogP contribution in [0.4, 0.5) is 0 Å². The Morgan fingerprint density at radius 1 is 1.17 bits per heavy atom. The van der Waals surface area contributed by atoms with Gasteiger partial charge in [-0.1, -0.05) is 24.3 Å². The third-order valence-electron chi connectivity index (χ3n) is 4.83. The number of ether oxygens (including phenoxy) is 1. The number of benzene rings is 1. The first-order valence-corrected chi connectivity index (χ1v) is 8.33. The van der Waals surface area contributed by atoms with Crippen LogP contribution in [-0.2, 0) is 14.3 Å². The average Bonchev–Trinajstić information content (AvgIpc) is 2.99. The maximum absolute atomic E-state index is 12.7. The van der Waals surface area contributed by atoms with E-state index in [9.17, 15) is 9.59 Å². The number of carbonyl (C=O) groups excluding carboxylic acids is 2. The average molecular weight is 313 g/mol. The lowest BCUT2D eigenvalue weighted by molar-refractivity contribution is -0.144. The molecule has 0 radical (unpaired) electrons. The third-order valence-corrected chi connectivity index (χ3v) is 4.83. The van der Waals surface area contributed by atoms with Crippen molar-refractivity contribution in [3.05, 3.63) is 46.7 Å². The summed E-state index contributed by atoms with van der Waals surface area (Å²) in [7, 11) is 0. The normalized spacial score (nSPS) is 22.2. The summed E-state index contributed by atoms with van der Waals surface area (Å²) in [4.78, 5) is 24.7. The van der Waals surface area contributed by atoms with Crippen molar-refractivity contribution in [2.45, 2.75) is 58.0 Å². The largest absolute Gasteiger partial charge is 0.459 e. The zero-order chi connectivity index (χ0) is 16.4. The Morgan fingerprint density at radius 2 is 1.87 bits per heavy atom. The van der Waals surface area contributed by atoms with Gasteiger partial charge in [0.15, 0.2) is 0 Å². The van der Waals surface area contributed by atoms with Gasteiger partial charge in [-0.05, 0) is 50.7 Å². The number of hydrogen-bond donors (Lipinski definition) is 1. The predicted octanol–water partition coefficient (Wildman–Crippen LogP) is 3.36. The van der Waals surface area contributed by atoms with Crippen molar-refractivity contribution in [2.24, 2.45) is 0 Å². The molecule has 0 aromatic heterocycles. The van der Waals surface area contributed by atoms with Crippen LogP contribution in [0.25, 0.3) is 0 Å². The lowest BCUT2D eigenvalue weighted by Gasteiger charge is -2.28. The van der Waals surface area contributed by atoms with Crippen LogP contribution in [-0.4, -0.2) is 18.0 Å². The number of esters is 1. The van der Waals surface area contributed by atoms with E-state index >= 15 is 0 Å². The van der Waals surface area contributed by atoms with Gasteiger partial charge in [-0.25, -0.2) is 4.79 Å². The summed E-state index contributed by atoms with van der Waals surface area (Å²) in [5.74, 6) is -0.547. The molecule has 1 heterocycles. The molecule has 1 atom stereocenters. The summed E-state index contributed by atoms with van der Waals surface area (Å²) < 4.78 is 5.70. The van der Waals surface area contributed by atoms with Crippen LogP contribution in [0.2, 0.25) is 0 Å². The van der Waals surface area contributed by atoms with Crippen molar-refractivity contribution >= 4 is 11.9 Å². The van der Waals surface area contributed by atoms with E-state index in [1.807, 2.05) is 31.2 Å². The van der Waals surface area contributed by atoms with Gasteiger partial charge in [0.1, 0.15) is 6.10 Å². The van der Waals surface area contributed by atoms with Gasteiger partial charge in [0, 0.05) is 18.0 Å². The smallest absolute Gasteiger partial charge is 0.336 e. The van der Waals surface area contributed by atoms with Crippen LogP contribution in [0.15, 0.2) is 35.5 Å². The van der Waals surface area contributed by atoms with Crippen LogP contribution < -0.4 is 5.32 Å². The summed E-state index contributed by atoms with van der Waals surface area (Å²) in [5, 5.41) is 2.79. The van der Waals surface area contributed by atoms with Gasteiger partial charge < -0.3 is 10.1 Å². The molecule has 122 valence electrons. The molecular weight excluding hydrogens is 290 g/mol. The van der Waals surface area contributed by atoms with Crippen LogP contribution in [0.5, 0.6) is 0 Å². The van der Waals surface area contributed by atoms with Gasteiger partial charge in [0.05, 0.1) is 5.57 Å².